The second-order valence-corrected chi connectivity index (χ2v) is 4.63. The number of rotatable bonds is 3. The highest BCUT2D eigenvalue weighted by Gasteiger charge is 2.45. The monoisotopic (exact) mass is 244 g/mol. The lowest BCUT2D eigenvalue weighted by Gasteiger charge is -2.09. The third kappa shape index (κ3) is 1.97. The molecule has 1 heterocycles. The molecule has 0 saturated carbocycles. The molecule has 1 saturated heterocycles. The first-order valence-electron chi connectivity index (χ1n) is 5.70. The Bertz CT molecular complexity index is 500. The quantitative estimate of drug-likeness (QED) is 0.591. The molecule has 2 heteroatoms. The zero-order valence-electron chi connectivity index (χ0n) is 9.40. The second-order valence-electron chi connectivity index (χ2n) is 4.36. The van der Waals surface area contributed by atoms with Gasteiger partial charge in [-0.05, 0) is 16.7 Å². The Morgan fingerprint density at radius 1 is 0.941 bits per heavy atom. The minimum Gasteiger partial charge on any atom is -0.363 e. The highest BCUT2D eigenvalue weighted by molar-refractivity contribution is 6.18. The molecule has 1 nitrogen and oxygen atoms in total. The Morgan fingerprint density at radius 2 is 1.53 bits per heavy atom. The van der Waals surface area contributed by atoms with E-state index >= 15 is 0 Å². The maximum Gasteiger partial charge on any atom is 0.130 e. The molecular weight excluding hydrogens is 232 g/mol. The fraction of sp³-hybridized carbons (Fsp3) is 0.200. The summed E-state index contributed by atoms with van der Waals surface area (Å²) < 4.78 is 5.44. The van der Waals surface area contributed by atoms with Gasteiger partial charge in [-0.2, -0.15) is 0 Å². The molecule has 0 amide bonds. The summed E-state index contributed by atoms with van der Waals surface area (Å²) in [6, 6.07) is 18.8. The van der Waals surface area contributed by atoms with Crippen LogP contribution in [0.2, 0.25) is 0 Å². The minimum absolute atomic E-state index is 0.212. The number of epoxide rings is 1. The van der Waals surface area contributed by atoms with Crippen LogP contribution >= 0.6 is 11.6 Å². The van der Waals surface area contributed by atoms with Crippen molar-refractivity contribution in [3.63, 3.8) is 0 Å². The van der Waals surface area contributed by atoms with Gasteiger partial charge in [-0.3, -0.25) is 0 Å². The standard InChI is InChI=1S/C15H13ClO/c16-10-15(11-17-15)14-8-6-13(7-9-14)12-4-2-1-3-5-12/h1-9H,10-11H2. The average Bonchev–Trinajstić information content (AvgIpc) is 3.21. The number of benzene rings is 2. The van der Waals surface area contributed by atoms with Crippen molar-refractivity contribution in [3.8, 4) is 11.1 Å². The summed E-state index contributed by atoms with van der Waals surface area (Å²) in [6.45, 7) is 0.737. The first-order chi connectivity index (χ1) is 8.34. The van der Waals surface area contributed by atoms with Crippen LogP contribution in [0.5, 0.6) is 0 Å². The maximum absolute atomic E-state index is 5.92. The molecule has 1 aliphatic heterocycles. The van der Waals surface area contributed by atoms with E-state index in [2.05, 4.69) is 36.4 Å². The van der Waals surface area contributed by atoms with E-state index in [1.807, 2.05) is 18.2 Å². The van der Waals surface area contributed by atoms with Gasteiger partial charge in [0.05, 0.1) is 12.5 Å². The number of halogens is 1. The molecule has 2 aromatic carbocycles. The fourth-order valence-electron chi connectivity index (χ4n) is 2.01. The molecular formula is C15H13ClO. The highest BCUT2D eigenvalue weighted by Crippen LogP contribution is 2.40. The van der Waals surface area contributed by atoms with Gasteiger partial charge < -0.3 is 4.74 Å². The van der Waals surface area contributed by atoms with Gasteiger partial charge in [-0.25, -0.2) is 0 Å². The van der Waals surface area contributed by atoms with E-state index in [9.17, 15) is 0 Å². The van der Waals surface area contributed by atoms with Gasteiger partial charge in [-0.15, -0.1) is 11.6 Å². The van der Waals surface area contributed by atoms with Crippen molar-refractivity contribution < 1.29 is 4.74 Å². The third-order valence-electron chi connectivity index (χ3n) is 3.23. The SMILES string of the molecule is ClCC1(c2ccc(-c3ccccc3)cc2)CO1. The van der Waals surface area contributed by atoms with Crippen molar-refractivity contribution >= 4 is 11.6 Å². The summed E-state index contributed by atoms with van der Waals surface area (Å²) in [5, 5.41) is 0. The summed E-state index contributed by atoms with van der Waals surface area (Å²) >= 11 is 5.92. The fourth-order valence-corrected chi connectivity index (χ4v) is 2.31. The summed E-state index contributed by atoms with van der Waals surface area (Å²) in [5.41, 5.74) is 3.42. The zero-order chi connectivity index (χ0) is 11.7. The second kappa shape index (κ2) is 4.17. The molecule has 3 rings (SSSR count). The van der Waals surface area contributed by atoms with E-state index in [4.69, 9.17) is 16.3 Å². The largest absolute Gasteiger partial charge is 0.363 e. The molecule has 86 valence electrons. The zero-order valence-corrected chi connectivity index (χ0v) is 10.2. The summed E-state index contributed by atoms with van der Waals surface area (Å²) in [4.78, 5) is 0. The Labute approximate surface area is 106 Å². The smallest absolute Gasteiger partial charge is 0.130 e. The van der Waals surface area contributed by atoms with E-state index in [1.165, 1.54) is 16.7 Å². The van der Waals surface area contributed by atoms with Crippen molar-refractivity contribution in [3.05, 3.63) is 60.2 Å². The lowest BCUT2D eigenvalue weighted by atomic mass is 9.98. The van der Waals surface area contributed by atoms with Crippen LogP contribution in [0, 0.1) is 0 Å². The van der Waals surface area contributed by atoms with Gasteiger partial charge in [-0.1, -0.05) is 54.6 Å². The molecule has 17 heavy (non-hydrogen) atoms. The third-order valence-corrected chi connectivity index (χ3v) is 3.66. The van der Waals surface area contributed by atoms with Gasteiger partial charge in [0.1, 0.15) is 5.60 Å². The van der Waals surface area contributed by atoms with Gasteiger partial charge in [0, 0.05) is 0 Å². The number of hydrogen-bond donors (Lipinski definition) is 0. The normalized spacial score (nSPS) is 22.4. The van der Waals surface area contributed by atoms with Crippen LogP contribution in [-0.4, -0.2) is 12.5 Å². The van der Waals surface area contributed by atoms with E-state index in [1.54, 1.807) is 0 Å². The van der Waals surface area contributed by atoms with Crippen LogP contribution in [0.3, 0.4) is 0 Å². The molecule has 0 spiro atoms. The predicted octanol–water partition coefficient (Wildman–Crippen LogP) is 3.82. The van der Waals surface area contributed by atoms with Crippen molar-refractivity contribution in [1.29, 1.82) is 0 Å². The van der Waals surface area contributed by atoms with Gasteiger partial charge in [0.25, 0.3) is 0 Å². The summed E-state index contributed by atoms with van der Waals surface area (Å²) in [7, 11) is 0. The van der Waals surface area contributed by atoms with Gasteiger partial charge in [0.15, 0.2) is 0 Å². The van der Waals surface area contributed by atoms with Crippen molar-refractivity contribution in [2.24, 2.45) is 0 Å². The summed E-state index contributed by atoms with van der Waals surface area (Å²) in [5.74, 6) is 0.525. The van der Waals surface area contributed by atoms with Crippen LogP contribution in [0.1, 0.15) is 5.56 Å². The van der Waals surface area contributed by atoms with Gasteiger partial charge >= 0.3 is 0 Å². The molecule has 1 aliphatic rings. The molecule has 1 fully saturated rings. The van der Waals surface area contributed by atoms with Gasteiger partial charge in [0.2, 0.25) is 0 Å². The molecule has 1 unspecified atom stereocenters. The van der Waals surface area contributed by atoms with E-state index in [-0.39, 0.29) is 5.60 Å². The van der Waals surface area contributed by atoms with Crippen molar-refractivity contribution in [2.45, 2.75) is 5.60 Å². The number of hydrogen-bond acceptors (Lipinski definition) is 1. The lowest BCUT2D eigenvalue weighted by Crippen LogP contribution is -2.09. The Balaban J connectivity index is 1.91. The Hall–Kier alpha value is -1.31. The molecule has 0 aromatic heterocycles. The predicted molar refractivity (Wildman–Crippen MR) is 70.2 cm³/mol. The van der Waals surface area contributed by atoms with Crippen LogP contribution in [0.25, 0.3) is 11.1 Å². The van der Waals surface area contributed by atoms with Crippen LogP contribution in [0.4, 0.5) is 0 Å². The molecule has 0 aliphatic carbocycles. The lowest BCUT2D eigenvalue weighted by molar-refractivity contribution is 0.333. The maximum atomic E-state index is 5.92. The Morgan fingerprint density at radius 3 is 2.06 bits per heavy atom. The minimum atomic E-state index is -0.212. The van der Waals surface area contributed by atoms with E-state index < -0.39 is 0 Å². The average molecular weight is 245 g/mol. The van der Waals surface area contributed by atoms with Crippen LogP contribution in [-0.2, 0) is 10.3 Å². The Kier molecular flexibility index (Phi) is 2.65. The van der Waals surface area contributed by atoms with Crippen LogP contribution in [0.15, 0.2) is 54.6 Å². The number of ether oxygens (including phenoxy) is 1. The molecule has 0 bridgehead atoms. The van der Waals surface area contributed by atoms with Crippen LogP contribution < -0.4 is 0 Å². The molecule has 0 N–H and O–H groups in total. The summed E-state index contributed by atoms with van der Waals surface area (Å²) in [6.07, 6.45) is 0. The van der Waals surface area contributed by atoms with Crippen molar-refractivity contribution in [1.82, 2.24) is 0 Å². The van der Waals surface area contributed by atoms with E-state index in [0.29, 0.717) is 5.88 Å². The topological polar surface area (TPSA) is 12.5 Å². The first-order valence-corrected chi connectivity index (χ1v) is 6.23. The van der Waals surface area contributed by atoms with Crippen molar-refractivity contribution in [2.75, 3.05) is 12.5 Å². The molecule has 2 aromatic rings. The number of alkyl halides is 1. The molecule has 1 atom stereocenters. The molecule has 0 radical (unpaired) electrons. The van der Waals surface area contributed by atoms with E-state index in [0.717, 1.165) is 6.61 Å². The highest BCUT2D eigenvalue weighted by atomic mass is 35.5. The first kappa shape index (κ1) is 10.8.